The van der Waals surface area contributed by atoms with E-state index < -0.39 is 0 Å². The van der Waals surface area contributed by atoms with E-state index in [-0.39, 0.29) is 12.6 Å². The lowest BCUT2D eigenvalue weighted by Crippen LogP contribution is -2.39. The van der Waals surface area contributed by atoms with Gasteiger partial charge in [-0.1, -0.05) is 6.08 Å². The van der Waals surface area contributed by atoms with Crippen LogP contribution in [0, 0.1) is 5.92 Å². The van der Waals surface area contributed by atoms with Crippen LogP contribution in [0.25, 0.3) is 0 Å². The summed E-state index contributed by atoms with van der Waals surface area (Å²) >= 11 is 0. The molecule has 1 saturated carbocycles. The maximum absolute atomic E-state index is 8.93. The lowest BCUT2D eigenvalue weighted by atomic mass is 10.1. The number of rotatable bonds is 7. The van der Waals surface area contributed by atoms with Crippen molar-refractivity contribution >= 4 is 0 Å². The highest BCUT2D eigenvalue weighted by Gasteiger charge is 2.30. The molecule has 76 valence electrons. The Morgan fingerprint density at radius 2 is 2.31 bits per heavy atom. The molecule has 2 N–H and O–H groups in total. The van der Waals surface area contributed by atoms with Crippen LogP contribution in [0.2, 0.25) is 0 Å². The monoisotopic (exact) mass is 183 g/mol. The van der Waals surface area contributed by atoms with E-state index in [1.807, 2.05) is 13.0 Å². The minimum absolute atomic E-state index is 0.232. The van der Waals surface area contributed by atoms with E-state index in [1.54, 1.807) is 0 Å². The van der Waals surface area contributed by atoms with Gasteiger partial charge in [0.15, 0.2) is 0 Å². The Balaban J connectivity index is 2.24. The maximum Gasteiger partial charge on any atom is 0.0582 e. The summed E-state index contributed by atoms with van der Waals surface area (Å²) in [7, 11) is 0. The molecule has 2 unspecified atom stereocenters. The summed E-state index contributed by atoms with van der Waals surface area (Å²) in [5, 5.41) is 12.4. The summed E-state index contributed by atoms with van der Waals surface area (Å²) in [4.78, 5) is 0. The molecular weight excluding hydrogens is 162 g/mol. The summed E-state index contributed by atoms with van der Waals surface area (Å²) in [6.07, 6.45) is 6.92. The molecule has 0 heterocycles. The summed E-state index contributed by atoms with van der Waals surface area (Å²) in [5.74, 6) is 0.856. The van der Waals surface area contributed by atoms with Crippen LogP contribution in [0.4, 0.5) is 0 Å². The molecule has 1 fully saturated rings. The first-order valence-corrected chi connectivity index (χ1v) is 5.25. The summed E-state index contributed by atoms with van der Waals surface area (Å²) in [6, 6.07) is 0.829. The van der Waals surface area contributed by atoms with Gasteiger partial charge in [-0.3, -0.25) is 0 Å². The number of nitrogens with one attached hydrogen (secondary N) is 1. The molecule has 2 nitrogen and oxygen atoms in total. The molecule has 2 atom stereocenters. The first kappa shape index (κ1) is 10.7. The van der Waals surface area contributed by atoms with Gasteiger partial charge in [-0.05, 0) is 38.5 Å². The summed E-state index contributed by atoms with van der Waals surface area (Å²) < 4.78 is 0. The molecule has 1 rings (SSSR count). The van der Waals surface area contributed by atoms with Crippen LogP contribution >= 0.6 is 0 Å². The molecule has 0 amide bonds. The molecule has 0 aliphatic heterocycles. The quantitative estimate of drug-likeness (QED) is 0.589. The number of aliphatic hydroxyl groups excluding tert-OH is 1. The van der Waals surface area contributed by atoms with E-state index in [0.717, 1.165) is 12.3 Å². The molecule has 1 aliphatic rings. The third-order valence-corrected chi connectivity index (χ3v) is 2.65. The van der Waals surface area contributed by atoms with Crippen molar-refractivity contribution in [3.05, 3.63) is 12.7 Å². The number of hydrogen-bond donors (Lipinski definition) is 2. The first-order valence-electron chi connectivity index (χ1n) is 5.25. The highest BCUT2D eigenvalue weighted by Crippen LogP contribution is 2.34. The van der Waals surface area contributed by atoms with Gasteiger partial charge in [0, 0.05) is 12.1 Å². The number of hydrogen-bond acceptors (Lipinski definition) is 2. The third kappa shape index (κ3) is 3.92. The van der Waals surface area contributed by atoms with Gasteiger partial charge in [-0.15, -0.1) is 6.58 Å². The first-order chi connectivity index (χ1) is 6.27. The van der Waals surface area contributed by atoms with Crippen molar-refractivity contribution in [3.63, 3.8) is 0 Å². The molecule has 0 saturated heterocycles. The van der Waals surface area contributed by atoms with Crippen molar-refractivity contribution in [2.75, 3.05) is 6.61 Å². The van der Waals surface area contributed by atoms with Gasteiger partial charge in [-0.25, -0.2) is 0 Å². The number of allylic oxidation sites excluding steroid dienone is 1. The predicted octanol–water partition coefficient (Wildman–Crippen LogP) is 1.70. The molecular formula is C11H21NO. The topological polar surface area (TPSA) is 32.3 Å². The normalized spacial score (nSPS) is 21.1. The van der Waals surface area contributed by atoms with Crippen LogP contribution in [0.3, 0.4) is 0 Å². The average molecular weight is 183 g/mol. The number of aliphatic hydroxyl groups is 1. The zero-order valence-corrected chi connectivity index (χ0v) is 8.50. The van der Waals surface area contributed by atoms with Gasteiger partial charge in [0.05, 0.1) is 6.61 Å². The summed E-state index contributed by atoms with van der Waals surface area (Å²) in [5.41, 5.74) is 0. The Morgan fingerprint density at radius 1 is 1.62 bits per heavy atom. The Morgan fingerprint density at radius 3 is 2.77 bits per heavy atom. The van der Waals surface area contributed by atoms with E-state index in [4.69, 9.17) is 5.11 Å². The van der Waals surface area contributed by atoms with Gasteiger partial charge >= 0.3 is 0 Å². The van der Waals surface area contributed by atoms with Crippen LogP contribution in [0.1, 0.15) is 32.6 Å². The van der Waals surface area contributed by atoms with Gasteiger partial charge in [-0.2, -0.15) is 0 Å². The molecule has 1 aliphatic carbocycles. The summed E-state index contributed by atoms with van der Waals surface area (Å²) in [6.45, 7) is 6.00. The van der Waals surface area contributed by atoms with Crippen molar-refractivity contribution in [3.8, 4) is 0 Å². The lowest BCUT2D eigenvalue weighted by molar-refractivity contribution is 0.233. The second kappa shape index (κ2) is 5.40. The van der Waals surface area contributed by atoms with Crippen LogP contribution in [0.15, 0.2) is 12.7 Å². The van der Waals surface area contributed by atoms with Crippen molar-refractivity contribution in [2.45, 2.75) is 44.7 Å². The standard InChI is InChI=1S/C11H21NO/c1-3-4-5-11(10-6-7-10)12-9(2)8-13/h3,9-13H,1,4-8H2,2H3. The average Bonchev–Trinajstić information content (AvgIpc) is 2.94. The van der Waals surface area contributed by atoms with E-state index in [0.29, 0.717) is 6.04 Å². The zero-order chi connectivity index (χ0) is 9.68. The van der Waals surface area contributed by atoms with Crippen LogP contribution in [-0.4, -0.2) is 23.8 Å². The Kier molecular flexibility index (Phi) is 4.46. The van der Waals surface area contributed by atoms with Gasteiger partial charge < -0.3 is 10.4 Å². The van der Waals surface area contributed by atoms with Crippen molar-refractivity contribution < 1.29 is 5.11 Å². The van der Waals surface area contributed by atoms with Crippen LogP contribution in [0.5, 0.6) is 0 Å². The van der Waals surface area contributed by atoms with E-state index in [2.05, 4.69) is 11.9 Å². The van der Waals surface area contributed by atoms with Crippen molar-refractivity contribution in [1.82, 2.24) is 5.32 Å². The maximum atomic E-state index is 8.93. The van der Waals surface area contributed by atoms with Crippen LogP contribution in [-0.2, 0) is 0 Å². The van der Waals surface area contributed by atoms with E-state index in [1.165, 1.54) is 19.3 Å². The molecule has 0 aromatic rings. The highest BCUT2D eigenvalue weighted by molar-refractivity contribution is 4.89. The molecule has 13 heavy (non-hydrogen) atoms. The third-order valence-electron chi connectivity index (χ3n) is 2.65. The second-order valence-corrected chi connectivity index (χ2v) is 4.06. The minimum Gasteiger partial charge on any atom is -0.395 e. The molecule has 0 aromatic carbocycles. The Hall–Kier alpha value is -0.340. The largest absolute Gasteiger partial charge is 0.395 e. The Labute approximate surface area is 81.0 Å². The molecule has 0 aromatic heterocycles. The van der Waals surface area contributed by atoms with Gasteiger partial charge in [0.2, 0.25) is 0 Å². The Bertz CT molecular complexity index is 154. The molecule has 0 bridgehead atoms. The highest BCUT2D eigenvalue weighted by atomic mass is 16.3. The van der Waals surface area contributed by atoms with Crippen molar-refractivity contribution in [2.24, 2.45) is 5.92 Å². The molecule has 2 heteroatoms. The SMILES string of the molecule is C=CCCC(NC(C)CO)C1CC1. The van der Waals surface area contributed by atoms with E-state index >= 15 is 0 Å². The molecule has 0 spiro atoms. The fourth-order valence-corrected chi connectivity index (χ4v) is 1.67. The van der Waals surface area contributed by atoms with Crippen molar-refractivity contribution in [1.29, 1.82) is 0 Å². The van der Waals surface area contributed by atoms with Gasteiger partial charge in [0.25, 0.3) is 0 Å². The second-order valence-electron chi connectivity index (χ2n) is 4.06. The minimum atomic E-state index is 0.232. The van der Waals surface area contributed by atoms with E-state index in [9.17, 15) is 0 Å². The zero-order valence-electron chi connectivity index (χ0n) is 8.50. The molecule has 0 radical (unpaired) electrons. The predicted molar refractivity (Wildman–Crippen MR) is 55.6 cm³/mol. The van der Waals surface area contributed by atoms with Gasteiger partial charge in [0.1, 0.15) is 0 Å². The fourth-order valence-electron chi connectivity index (χ4n) is 1.67. The smallest absolute Gasteiger partial charge is 0.0582 e. The lowest BCUT2D eigenvalue weighted by Gasteiger charge is -2.21. The van der Waals surface area contributed by atoms with Crippen LogP contribution < -0.4 is 5.32 Å². The fraction of sp³-hybridized carbons (Fsp3) is 0.818.